The number of hydrazone groups is 1. The van der Waals surface area contributed by atoms with Crippen LogP contribution in [0.3, 0.4) is 0 Å². The van der Waals surface area contributed by atoms with E-state index in [9.17, 15) is 9.59 Å². The van der Waals surface area contributed by atoms with Crippen molar-refractivity contribution in [3.8, 4) is 5.75 Å². The largest absolute Gasteiger partial charge is 0.423 e. The van der Waals surface area contributed by atoms with Gasteiger partial charge < -0.3 is 4.74 Å². The maximum Gasteiger partial charge on any atom is 0.343 e. The monoisotopic (exact) mass is 456 g/mol. The van der Waals surface area contributed by atoms with Crippen molar-refractivity contribution in [1.29, 1.82) is 0 Å². The third-order valence-electron chi connectivity index (χ3n) is 3.63. The predicted octanol–water partition coefficient (Wildman–Crippen LogP) is 5.09. The highest BCUT2D eigenvalue weighted by Gasteiger charge is 2.08. The molecule has 28 heavy (non-hydrogen) atoms. The SMILES string of the molecule is O=C(N/N=C/c1cccc(OC(=O)c2ccc(Cl)cc2)c1)c1ccc(Br)cc1. The molecule has 0 heterocycles. The van der Waals surface area contributed by atoms with Crippen LogP contribution >= 0.6 is 27.5 Å². The lowest BCUT2D eigenvalue weighted by molar-refractivity contribution is 0.0734. The highest BCUT2D eigenvalue weighted by molar-refractivity contribution is 9.10. The van der Waals surface area contributed by atoms with Crippen molar-refractivity contribution in [1.82, 2.24) is 5.43 Å². The second-order valence-electron chi connectivity index (χ2n) is 5.67. The number of rotatable bonds is 5. The van der Waals surface area contributed by atoms with Crippen LogP contribution in [0.4, 0.5) is 0 Å². The number of nitrogens with one attached hydrogen (secondary N) is 1. The minimum Gasteiger partial charge on any atom is -0.423 e. The first kappa shape index (κ1) is 19.8. The van der Waals surface area contributed by atoms with Crippen LogP contribution in [0, 0.1) is 0 Å². The smallest absolute Gasteiger partial charge is 0.343 e. The number of carbonyl (C=O) groups excluding carboxylic acids is 2. The Hall–Kier alpha value is -2.96. The van der Waals surface area contributed by atoms with E-state index in [0.717, 1.165) is 4.47 Å². The minimum absolute atomic E-state index is 0.325. The lowest BCUT2D eigenvalue weighted by Crippen LogP contribution is -2.17. The van der Waals surface area contributed by atoms with Crippen LogP contribution in [0.2, 0.25) is 5.02 Å². The Labute approximate surface area is 175 Å². The van der Waals surface area contributed by atoms with Crippen LogP contribution in [0.25, 0.3) is 0 Å². The van der Waals surface area contributed by atoms with E-state index in [1.54, 1.807) is 72.8 Å². The molecule has 7 heteroatoms. The molecule has 0 unspecified atom stereocenters. The van der Waals surface area contributed by atoms with E-state index in [1.807, 2.05) is 0 Å². The maximum atomic E-state index is 12.2. The lowest BCUT2D eigenvalue weighted by atomic mass is 10.2. The molecule has 0 aromatic heterocycles. The zero-order valence-corrected chi connectivity index (χ0v) is 16.8. The second kappa shape index (κ2) is 9.30. The fourth-order valence-corrected chi connectivity index (χ4v) is 2.63. The molecule has 0 saturated heterocycles. The van der Waals surface area contributed by atoms with Gasteiger partial charge in [-0.1, -0.05) is 39.7 Å². The van der Waals surface area contributed by atoms with Gasteiger partial charge in [0.1, 0.15) is 5.75 Å². The van der Waals surface area contributed by atoms with Gasteiger partial charge in [-0.15, -0.1) is 0 Å². The molecule has 5 nitrogen and oxygen atoms in total. The van der Waals surface area contributed by atoms with Crippen LogP contribution in [0.1, 0.15) is 26.3 Å². The first-order valence-corrected chi connectivity index (χ1v) is 9.35. The molecule has 0 aliphatic rings. The summed E-state index contributed by atoms with van der Waals surface area (Å²) < 4.78 is 6.24. The van der Waals surface area contributed by atoms with Gasteiger partial charge in [-0.25, -0.2) is 10.2 Å². The van der Waals surface area contributed by atoms with Crippen molar-refractivity contribution in [2.24, 2.45) is 5.10 Å². The molecule has 0 radical (unpaired) electrons. The van der Waals surface area contributed by atoms with E-state index in [1.165, 1.54) is 6.21 Å². The number of amides is 1. The van der Waals surface area contributed by atoms with Crippen molar-refractivity contribution >= 4 is 45.6 Å². The molecule has 0 atom stereocenters. The summed E-state index contributed by atoms with van der Waals surface area (Å²) in [6, 6.07) is 20.1. The fraction of sp³-hybridized carbons (Fsp3) is 0. The third kappa shape index (κ3) is 5.52. The van der Waals surface area contributed by atoms with Gasteiger partial charge in [0.2, 0.25) is 0 Å². The van der Waals surface area contributed by atoms with Gasteiger partial charge in [-0.3, -0.25) is 4.79 Å². The number of benzene rings is 3. The second-order valence-corrected chi connectivity index (χ2v) is 7.03. The van der Waals surface area contributed by atoms with Gasteiger partial charge in [0, 0.05) is 15.1 Å². The van der Waals surface area contributed by atoms with Gasteiger partial charge in [-0.05, 0) is 66.2 Å². The van der Waals surface area contributed by atoms with E-state index < -0.39 is 5.97 Å². The normalized spacial score (nSPS) is 10.6. The number of hydrogen-bond donors (Lipinski definition) is 1. The van der Waals surface area contributed by atoms with Gasteiger partial charge in [0.05, 0.1) is 11.8 Å². The van der Waals surface area contributed by atoms with Crippen LogP contribution < -0.4 is 10.2 Å². The summed E-state index contributed by atoms with van der Waals surface area (Å²) in [5, 5.41) is 4.48. The number of carbonyl (C=O) groups is 2. The average Bonchev–Trinajstić information content (AvgIpc) is 2.69. The Balaban J connectivity index is 1.61. The molecule has 3 aromatic rings. The predicted molar refractivity (Wildman–Crippen MR) is 112 cm³/mol. The fourth-order valence-electron chi connectivity index (χ4n) is 2.24. The highest BCUT2D eigenvalue weighted by Crippen LogP contribution is 2.16. The summed E-state index contributed by atoms with van der Waals surface area (Å²) in [7, 11) is 0. The van der Waals surface area contributed by atoms with E-state index in [-0.39, 0.29) is 5.91 Å². The molecule has 1 amide bonds. The minimum atomic E-state index is -0.491. The van der Waals surface area contributed by atoms with Gasteiger partial charge in [0.25, 0.3) is 5.91 Å². The van der Waals surface area contributed by atoms with Crippen LogP contribution in [-0.4, -0.2) is 18.1 Å². The van der Waals surface area contributed by atoms with Gasteiger partial charge in [-0.2, -0.15) is 5.10 Å². The average molecular weight is 458 g/mol. The molecule has 0 bridgehead atoms. The number of hydrogen-bond acceptors (Lipinski definition) is 4. The molecular weight excluding hydrogens is 444 g/mol. The number of ether oxygens (including phenoxy) is 1. The Kier molecular flexibility index (Phi) is 6.57. The van der Waals surface area contributed by atoms with Crippen molar-refractivity contribution in [2.45, 2.75) is 0 Å². The molecule has 0 spiro atoms. The van der Waals surface area contributed by atoms with Crippen LogP contribution in [0.15, 0.2) is 82.4 Å². The zero-order valence-electron chi connectivity index (χ0n) is 14.4. The zero-order chi connectivity index (χ0) is 19.9. The van der Waals surface area contributed by atoms with Gasteiger partial charge >= 0.3 is 5.97 Å². The van der Waals surface area contributed by atoms with Crippen molar-refractivity contribution in [3.63, 3.8) is 0 Å². The molecule has 1 N–H and O–H groups in total. The van der Waals surface area contributed by atoms with Crippen LogP contribution in [-0.2, 0) is 0 Å². The van der Waals surface area contributed by atoms with Crippen molar-refractivity contribution in [2.75, 3.05) is 0 Å². The summed E-state index contributed by atoms with van der Waals surface area (Å²) in [6.45, 7) is 0. The first-order valence-electron chi connectivity index (χ1n) is 8.18. The molecule has 0 saturated carbocycles. The third-order valence-corrected chi connectivity index (χ3v) is 4.42. The topological polar surface area (TPSA) is 67.8 Å². The first-order chi connectivity index (χ1) is 13.5. The number of halogens is 2. The Morgan fingerprint density at radius 2 is 1.64 bits per heavy atom. The van der Waals surface area contributed by atoms with Crippen molar-refractivity contribution in [3.05, 3.63) is 99.0 Å². The van der Waals surface area contributed by atoms with Gasteiger partial charge in [0.15, 0.2) is 0 Å². The van der Waals surface area contributed by atoms with E-state index in [0.29, 0.717) is 27.5 Å². The molecule has 0 fully saturated rings. The lowest BCUT2D eigenvalue weighted by Gasteiger charge is -2.05. The number of esters is 1. The van der Waals surface area contributed by atoms with E-state index in [4.69, 9.17) is 16.3 Å². The summed E-state index contributed by atoms with van der Waals surface area (Å²) in [6.07, 6.45) is 1.47. The highest BCUT2D eigenvalue weighted by atomic mass is 79.9. The maximum absolute atomic E-state index is 12.2. The Bertz CT molecular complexity index is 1020. The number of nitrogens with zero attached hydrogens (tertiary/aromatic N) is 1. The molecule has 0 aliphatic carbocycles. The molecular formula is C21H14BrClN2O3. The molecule has 3 rings (SSSR count). The van der Waals surface area contributed by atoms with E-state index >= 15 is 0 Å². The van der Waals surface area contributed by atoms with E-state index in [2.05, 4.69) is 26.5 Å². The van der Waals surface area contributed by atoms with Crippen LogP contribution in [0.5, 0.6) is 5.75 Å². The molecule has 0 aliphatic heterocycles. The molecule has 140 valence electrons. The Morgan fingerprint density at radius 1 is 0.964 bits per heavy atom. The molecule has 3 aromatic carbocycles. The Morgan fingerprint density at radius 3 is 2.36 bits per heavy atom. The standard InChI is InChI=1S/C21H14BrClN2O3/c22-17-8-4-15(5-9-17)20(26)25-24-13-14-2-1-3-19(12-14)28-21(27)16-6-10-18(23)11-7-16/h1-13H,(H,25,26)/b24-13+. The quantitative estimate of drug-likeness (QED) is 0.251. The summed E-state index contributed by atoms with van der Waals surface area (Å²) >= 11 is 9.13. The van der Waals surface area contributed by atoms with Crippen molar-refractivity contribution < 1.29 is 14.3 Å². The summed E-state index contributed by atoms with van der Waals surface area (Å²) in [5.41, 5.74) is 4.00. The summed E-state index contributed by atoms with van der Waals surface area (Å²) in [5.74, 6) is -0.452. The summed E-state index contributed by atoms with van der Waals surface area (Å²) in [4.78, 5) is 24.2.